The van der Waals surface area contributed by atoms with Gasteiger partial charge in [-0.05, 0) is 35.7 Å². The lowest BCUT2D eigenvalue weighted by Gasteiger charge is -2.48. The molecule has 0 bridgehead atoms. The van der Waals surface area contributed by atoms with Crippen LogP contribution in [-0.2, 0) is 24.6 Å². The lowest BCUT2D eigenvalue weighted by molar-refractivity contribution is -0.397. The van der Waals surface area contributed by atoms with Gasteiger partial charge in [-0.25, -0.2) is 0 Å². The summed E-state index contributed by atoms with van der Waals surface area (Å²) < 4.78 is 21.4. The highest BCUT2D eigenvalue weighted by Gasteiger charge is 2.59. The predicted octanol–water partition coefficient (Wildman–Crippen LogP) is 4.47. The Morgan fingerprint density at radius 3 is 1.59 bits per heavy atom. The highest BCUT2D eigenvalue weighted by Crippen LogP contribution is 2.46. The molecule has 3 atom stereocenters. The van der Waals surface area contributed by atoms with E-state index in [-0.39, 0.29) is 12.2 Å². The first kappa shape index (κ1) is 26.8. The summed E-state index contributed by atoms with van der Waals surface area (Å²) in [5.74, 6) is -1.88. The maximum absolute atomic E-state index is 12.8. The normalized spacial score (nSPS) is 19.8. The summed E-state index contributed by atoms with van der Waals surface area (Å²) in [4.78, 5) is 12.8. The molecule has 1 fully saturated rings. The van der Waals surface area contributed by atoms with Crippen LogP contribution in [0, 0.1) is 0 Å². The molecule has 0 aliphatic carbocycles. The van der Waals surface area contributed by atoms with Crippen molar-refractivity contribution in [2.45, 2.75) is 43.1 Å². The SMILES string of the molecule is COC(OC)(OC(c1ccccc1)(c1ccccc1)c1ccccc1)C1CC(O)C(C(C)=O)N1n1cccc1. The first-order valence-electron chi connectivity index (χ1n) is 13.0. The molecule has 0 amide bonds. The van der Waals surface area contributed by atoms with Gasteiger partial charge in [-0.3, -0.25) is 14.5 Å². The third-order valence-electron chi connectivity index (χ3n) is 7.52. The summed E-state index contributed by atoms with van der Waals surface area (Å²) in [5, 5.41) is 13.0. The van der Waals surface area contributed by atoms with Crippen LogP contribution in [0.15, 0.2) is 116 Å². The zero-order valence-electron chi connectivity index (χ0n) is 22.4. The van der Waals surface area contributed by atoms with Crippen LogP contribution in [0.1, 0.15) is 30.0 Å². The number of rotatable bonds is 10. The summed E-state index contributed by atoms with van der Waals surface area (Å²) in [6, 6.07) is 32.0. The van der Waals surface area contributed by atoms with Crippen molar-refractivity contribution in [1.82, 2.24) is 4.68 Å². The fraction of sp³-hybridized carbons (Fsp3) is 0.281. The molecule has 7 nitrogen and oxygen atoms in total. The third kappa shape index (κ3) is 4.68. The number of hydrogen-bond acceptors (Lipinski definition) is 6. The van der Waals surface area contributed by atoms with E-state index in [4.69, 9.17) is 14.2 Å². The molecule has 0 radical (unpaired) electrons. The second-order valence-corrected chi connectivity index (χ2v) is 9.71. The Morgan fingerprint density at radius 1 is 0.769 bits per heavy atom. The standard InChI is InChI=1S/C32H34N2O5/c1-24(35)30-28(36)23-29(34(30)33-21-13-14-22-33)32(37-2,38-3)39-31(25-15-7-4-8-16-25,26-17-9-5-10-18-26)27-19-11-6-12-20-27/h4-22,28-30,36H,23H2,1-3H3. The Kier molecular flexibility index (Phi) is 7.68. The second kappa shape index (κ2) is 11.2. The first-order valence-corrected chi connectivity index (χ1v) is 13.0. The molecule has 4 aromatic rings. The van der Waals surface area contributed by atoms with E-state index in [1.807, 2.05) is 116 Å². The maximum atomic E-state index is 12.8. The van der Waals surface area contributed by atoms with Crippen LogP contribution in [-0.4, -0.2) is 53.9 Å². The number of carbonyl (C=O) groups is 1. The molecule has 5 rings (SSSR count). The van der Waals surface area contributed by atoms with Gasteiger partial charge in [0, 0.05) is 33.0 Å². The van der Waals surface area contributed by atoms with Gasteiger partial charge < -0.3 is 19.3 Å². The van der Waals surface area contributed by atoms with Crippen molar-refractivity contribution in [3.05, 3.63) is 132 Å². The molecule has 1 aliphatic heterocycles. The lowest BCUT2D eigenvalue weighted by Crippen LogP contribution is -2.62. The number of aromatic nitrogens is 1. The van der Waals surface area contributed by atoms with Crippen LogP contribution in [0.25, 0.3) is 0 Å². The minimum absolute atomic E-state index is 0.166. The molecule has 1 N–H and O–H groups in total. The average Bonchev–Trinajstić information content (AvgIpc) is 3.64. The summed E-state index contributed by atoms with van der Waals surface area (Å²) in [5.41, 5.74) is 1.44. The van der Waals surface area contributed by atoms with Gasteiger partial charge in [0.15, 0.2) is 5.78 Å². The average molecular weight is 527 g/mol. The van der Waals surface area contributed by atoms with Gasteiger partial charge in [0.2, 0.25) is 0 Å². The van der Waals surface area contributed by atoms with Gasteiger partial charge in [0.05, 0.1) is 6.10 Å². The van der Waals surface area contributed by atoms with Crippen molar-refractivity contribution in [2.24, 2.45) is 0 Å². The van der Waals surface area contributed by atoms with Crippen molar-refractivity contribution in [3.8, 4) is 0 Å². The summed E-state index contributed by atoms with van der Waals surface area (Å²) in [6.07, 6.45) is 2.88. The topological polar surface area (TPSA) is 73.2 Å². The first-order chi connectivity index (χ1) is 19.0. The van der Waals surface area contributed by atoms with Crippen molar-refractivity contribution in [2.75, 3.05) is 19.2 Å². The number of Topliss-reactive ketones (excluding diaryl/α,β-unsaturated/α-hetero) is 1. The fourth-order valence-electron chi connectivity index (χ4n) is 5.80. The highest BCUT2D eigenvalue weighted by molar-refractivity contribution is 5.84. The number of ketones is 1. The molecule has 1 aromatic heterocycles. The predicted molar refractivity (Wildman–Crippen MR) is 149 cm³/mol. The molecule has 7 heteroatoms. The molecule has 3 aromatic carbocycles. The highest BCUT2D eigenvalue weighted by atomic mass is 16.9. The van der Waals surface area contributed by atoms with Crippen LogP contribution in [0.4, 0.5) is 0 Å². The van der Waals surface area contributed by atoms with E-state index in [9.17, 15) is 9.90 Å². The fourth-order valence-corrected chi connectivity index (χ4v) is 5.80. The molecule has 2 heterocycles. The van der Waals surface area contributed by atoms with Crippen LogP contribution in [0.5, 0.6) is 0 Å². The Balaban J connectivity index is 1.75. The second-order valence-electron chi connectivity index (χ2n) is 9.71. The Bertz CT molecular complexity index is 1240. The van der Waals surface area contributed by atoms with Crippen LogP contribution in [0.3, 0.4) is 0 Å². The Labute approximate surface area is 229 Å². The minimum atomic E-state index is -1.71. The minimum Gasteiger partial charge on any atom is -0.390 e. The van der Waals surface area contributed by atoms with Gasteiger partial charge in [-0.15, -0.1) is 0 Å². The molecule has 1 aliphatic rings. The number of methoxy groups -OCH3 is 2. The molecule has 0 saturated carbocycles. The summed E-state index contributed by atoms with van der Waals surface area (Å²) >= 11 is 0. The molecule has 0 spiro atoms. The molecular weight excluding hydrogens is 492 g/mol. The van der Waals surface area contributed by atoms with Crippen molar-refractivity contribution in [3.63, 3.8) is 0 Å². The number of benzene rings is 3. The Hall–Kier alpha value is -3.75. The van der Waals surface area contributed by atoms with E-state index in [0.717, 1.165) is 16.7 Å². The van der Waals surface area contributed by atoms with E-state index >= 15 is 0 Å². The molecule has 202 valence electrons. The smallest absolute Gasteiger partial charge is 0.307 e. The number of aliphatic hydroxyl groups is 1. The van der Waals surface area contributed by atoms with Gasteiger partial charge in [-0.1, -0.05) is 91.0 Å². The van der Waals surface area contributed by atoms with E-state index in [1.165, 1.54) is 21.1 Å². The molecular formula is C32H34N2O5. The van der Waals surface area contributed by atoms with Gasteiger partial charge >= 0.3 is 5.97 Å². The van der Waals surface area contributed by atoms with E-state index in [0.29, 0.717) is 0 Å². The number of ether oxygens (including phenoxy) is 3. The van der Waals surface area contributed by atoms with Crippen molar-refractivity contribution in [1.29, 1.82) is 0 Å². The summed E-state index contributed by atoms with van der Waals surface area (Å²) in [7, 11) is 3.05. The van der Waals surface area contributed by atoms with E-state index in [1.54, 1.807) is 9.69 Å². The molecule has 1 saturated heterocycles. The summed E-state index contributed by atoms with van der Waals surface area (Å²) in [6.45, 7) is 1.48. The number of carbonyl (C=O) groups excluding carboxylic acids is 1. The number of nitrogens with zero attached hydrogens (tertiary/aromatic N) is 2. The van der Waals surface area contributed by atoms with E-state index < -0.39 is 29.8 Å². The van der Waals surface area contributed by atoms with E-state index in [2.05, 4.69) is 0 Å². The largest absolute Gasteiger partial charge is 0.390 e. The number of aliphatic hydroxyl groups excluding tert-OH is 1. The zero-order valence-corrected chi connectivity index (χ0v) is 22.4. The maximum Gasteiger partial charge on any atom is 0.307 e. The van der Waals surface area contributed by atoms with Crippen molar-refractivity contribution < 1.29 is 24.1 Å². The van der Waals surface area contributed by atoms with Crippen LogP contribution >= 0.6 is 0 Å². The third-order valence-corrected chi connectivity index (χ3v) is 7.52. The van der Waals surface area contributed by atoms with Gasteiger partial charge in [0.25, 0.3) is 0 Å². The monoisotopic (exact) mass is 526 g/mol. The van der Waals surface area contributed by atoms with Crippen LogP contribution < -0.4 is 5.01 Å². The zero-order chi connectivity index (χ0) is 27.5. The van der Waals surface area contributed by atoms with Crippen molar-refractivity contribution >= 4 is 5.78 Å². The lowest BCUT2D eigenvalue weighted by atomic mass is 9.80. The van der Waals surface area contributed by atoms with Crippen LogP contribution in [0.2, 0.25) is 0 Å². The quantitative estimate of drug-likeness (QED) is 0.243. The number of hydrogen-bond donors (Lipinski definition) is 1. The molecule has 3 unspecified atom stereocenters. The molecule has 39 heavy (non-hydrogen) atoms. The Morgan fingerprint density at radius 2 is 1.21 bits per heavy atom. The van der Waals surface area contributed by atoms with Gasteiger partial charge in [-0.2, -0.15) is 0 Å². The van der Waals surface area contributed by atoms with Gasteiger partial charge in [0.1, 0.15) is 17.7 Å².